The van der Waals surface area contributed by atoms with Gasteiger partial charge in [-0.05, 0) is 56.4 Å². The van der Waals surface area contributed by atoms with Crippen LogP contribution < -0.4 is 0 Å². The zero-order chi connectivity index (χ0) is 15.8. The van der Waals surface area contributed by atoms with Gasteiger partial charge < -0.3 is 4.40 Å². The van der Waals surface area contributed by atoms with Gasteiger partial charge in [-0.1, -0.05) is 25.3 Å². The Labute approximate surface area is 137 Å². The molecule has 3 heteroatoms. The standard InChI is InChI=1S/C20H23N3/c1-14-12-15(2)23-13-18(17-10-6-7-11-21-17)22-20(23)19(14)16-8-4-3-5-9-16/h6-7,10-13,16H,3-5,8-9H2,1-2H3. The number of fused-ring (bicyclic) bond motifs is 1. The molecular weight excluding hydrogens is 282 g/mol. The van der Waals surface area contributed by atoms with Crippen molar-refractivity contribution in [1.29, 1.82) is 0 Å². The van der Waals surface area contributed by atoms with Crippen molar-refractivity contribution < 1.29 is 0 Å². The Morgan fingerprint density at radius 3 is 2.61 bits per heavy atom. The van der Waals surface area contributed by atoms with E-state index in [1.54, 1.807) is 0 Å². The van der Waals surface area contributed by atoms with Gasteiger partial charge in [-0.2, -0.15) is 0 Å². The van der Waals surface area contributed by atoms with Crippen LogP contribution in [0.3, 0.4) is 0 Å². The van der Waals surface area contributed by atoms with E-state index in [1.807, 2.05) is 24.4 Å². The van der Waals surface area contributed by atoms with E-state index < -0.39 is 0 Å². The summed E-state index contributed by atoms with van der Waals surface area (Å²) < 4.78 is 2.25. The van der Waals surface area contributed by atoms with Crippen LogP contribution >= 0.6 is 0 Å². The van der Waals surface area contributed by atoms with E-state index in [4.69, 9.17) is 4.98 Å². The number of aromatic nitrogens is 3. The summed E-state index contributed by atoms with van der Waals surface area (Å²) in [6.07, 6.45) is 10.6. The zero-order valence-electron chi connectivity index (χ0n) is 13.9. The number of aryl methyl sites for hydroxylation is 2. The highest BCUT2D eigenvalue weighted by Gasteiger charge is 2.22. The van der Waals surface area contributed by atoms with E-state index in [-0.39, 0.29) is 0 Å². The van der Waals surface area contributed by atoms with Crippen LogP contribution in [-0.4, -0.2) is 14.4 Å². The molecule has 0 N–H and O–H groups in total. The van der Waals surface area contributed by atoms with Crippen molar-refractivity contribution in [3.63, 3.8) is 0 Å². The van der Waals surface area contributed by atoms with Crippen molar-refractivity contribution in [3.05, 3.63) is 53.5 Å². The van der Waals surface area contributed by atoms with Gasteiger partial charge in [0.15, 0.2) is 0 Å². The van der Waals surface area contributed by atoms with Gasteiger partial charge in [0.05, 0.1) is 5.69 Å². The lowest BCUT2D eigenvalue weighted by molar-refractivity contribution is 0.443. The molecule has 3 aromatic heterocycles. The summed E-state index contributed by atoms with van der Waals surface area (Å²) in [4.78, 5) is 9.44. The van der Waals surface area contributed by atoms with Crippen LogP contribution in [-0.2, 0) is 0 Å². The van der Waals surface area contributed by atoms with Crippen molar-refractivity contribution in [2.75, 3.05) is 0 Å². The van der Waals surface area contributed by atoms with E-state index >= 15 is 0 Å². The van der Waals surface area contributed by atoms with E-state index in [0.717, 1.165) is 17.0 Å². The predicted molar refractivity (Wildman–Crippen MR) is 93.7 cm³/mol. The fraction of sp³-hybridized carbons (Fsp3) is 0.400. The van der Waals surface area contributed by atoms with Crippen molar-refractivity contribution in [1.82, 2.24) is 14.4 Å². The summed E-state index contributed by atoms with van der Waals surface area (Å²) in [7, 11) is 0. The predicted octanol–water partition coefficient (Wildman–Crippen LogP) is 5.06. The van der Waals surface area contributed by atoms with E-state index in [0.29, 0.717) is 5.92 Å². The average Bonchev–Trinajstić information content (AvgIpc) is 3.02. The Morgan fingerprint density at radius 2 is 1.87 bits per heavy atom. The summed E-state index contributed by atoms with van der Waals surface area (Å²) in [5.74, 6) is 0.658. The first-order valence-corrected chi connectivity index (χ1v) is 8.64. The lowest BCUT2D eigenvalue weighted by atomic mass is 9.82. The number of imidazole rings is 1. The number of hydrogen-bond donors (Lipinski definition) is 0. The molecule has 0 unspecified atom stereocenters. The van der Waals surface area contributed by atoms with Gasteiger partial charge in [0.25, 0.3) is 0 Å². The molecule has 0 atom stereocenters. The van der Waals surface area contributed by atoms with Crippen molar-refractivity contribution in [2.45, 2.75) is 51.9 Å². The lowest BCUT2D eigenvalue weighted by Crippen LogP contribution is -2.09. The number of rotatable bonds is 2. The quantitative estimate of drug-likeness (QED) is 0.662. The third-order valence-electron chi connectivity index (χ3n) is 5.12. The monoisotopic (exact) mass is 305 g/mol. The smallest absolute Gasteiger partial charge is 0.141 e. The first-order valence-electron chi connectivity index (χ1n) is 8.64. The summed E-state index contributed by atoms with van der Waals surface area (Å²) in [5, 5.41) is 0. The molecular formula is C20H23N3. The summed E-state index contributed by atoms with van der Waals surface area (Å²) in [6, 6.07) is 8.31. The SMILES string of the molecule is Cc1cc(C)n2cc(-c3ccccn3)nc2c1C1CCCCC1. The molecule has 0 amide bonds. The van der Waals surface area contributed by atoms with Gasteiger partial charge >= 0.3 is 0 Å². The molecule has 0 radical (unpaired) electrons. The molecule has 1 aliphatic rings. The highest BCUT2D eigenvalue weighted by atomic mass is 15.0. The topological polar surface area (TPSA) is 30.2 Å². The molecule has 23 heavy (non-hydrogen) atoms. The molecule has 118 valence electrons. The molecule has 1 saturated carbocycles. The van der Waals surface area contributed by atoms with Crippen molar-refractivity contribution in [2.24, 2.45) is 0 Å². The molecule has 3 aromatic rings. The third-order valence-corrected chi connectivity index (χ3v) is 5.12. The second kappa shape index (κ2) is 5.80. The first-order chi connectivity index (χ1) is 11.2. The Balaban J connectivity index is 1.90. The van der Waals surface area contributed by atoms with Crippen LogP contribution in [0.1, 0.15) is 54.8 Å². The molecule has 0 aliphatic heterocycles. The van der Waals surface area contributed by atoms with Gasteiger partial charge in [-0.15, -0.1) is 0 Å². The van der Waals surface area contributed by atoms with Crippen LogP contribution in [0.5, 0.6) is 0 Å². The van der Waals surface area contributed by atoms with E-state index in [2.05, 4.69) is 35.5 Å². The largest absolute Gasteiger partial charge is 0.303 e. The van der Waals surface area contributed by atoms with Crippen LogP contribution in [0.25, 0.3) is 17.0 Å². The number of pyridine rings is 2. The van der Waals surface area contributed by atoms with Crippen LogP contribution in [0.4, 0.5) is 0 Å². The van der Waals surface area contributed by atoms with Gasteiger partial charge in [0.2, 0.25) is 0 Å². The fourth-order valence-electron chi connectivity index (χ4n) is 4.01. The van der Waals surface area contributed by atoms with E-state index in [1.165, 1.54) is 48.9 Å². The maximum absolute atomic E-state index is 4.98. The van der Waals surface area contributed by atoms with Crippen LogP contribution in [0.15, 0.2) is 36.7 Å². The van der Waals surface area contributed by atoms with Gasteiger partial charge in [-0.3, -0.25) is 4.98 Å². The first kappa shape index (κ1) is 14.4. The molecule has 0 aromatic carbocycles. The zero-order valence-corrected chi connectivity index (χ0v) is 13.9. The lowest BCUT2D eigenvalue weighted by Gasteiger charge is -2.24. The minimum absolute atomic E-state index is 0.658. The number of hydrogen-bond acceptors (Lipinski definition) is 2. The molecule has 0 spiro atoms. The molecule has 3 nitrogen and oxygen atoms in total. The minimum atomic E-state index is 0.658. The highest BCUT2D eigenvalue weighted by Crippen LogP contribution is 2.37. The second-order valence-corrected chi connectivity index (χ2v) is 6.75. The van der Waals surface area contributed by atoms with Crippen molar-refractivity contribution in [3.8, 4) is 11.4 Å². The molecule has 1 aliphatic carbocycles. The van der Waals surface area contributed by atoms with Crippen LogP contribution in [0, 0.1) is 13.8 Å². The summed E-state index contributed by atoms with van der Waals surface area (Å²) in [6.45, 7) is 4.40. The third kappa shape index (κ3) is 2.54. The maximum Gasteiger partial charge on any atom is 0.141 e. The van der Waals surface area contributed by atoms with Crippen molar-refractivity contribution >= 4 is 5.65 Å². The van der Waals surface area contributed by atoms with E-state index in [9.17, 15) is 0 Å². The summed E-state index contributed by atoms with van der Waals surface area (Å²) in [5.41, 5.74) is 7.14. The Hall–Kier alpha value is -2.16. The van der Waals surface area contributed by atoms with Gasteiger partial charge in [-0.25, -0.2) is 4.98 Å². The van der Waals surface area contributed by atoms with Crippen LogP contribution in [0.2, 0.25) is 0 Å². The second-order valence-electron chi connectivity index (χ2n) is 6.75. The molecule has 0 saturated heterocycles. The molecule has 0 bridgehead atoms. The van der Waals surface area contributed by atoms with Gasteiger partial charge in [0, 0.05) is 23.7 Å². The summed E-state index contributed by atoms with van der Waals surface area (Å²) >= 11 is 0. The molecule has 4 rings (SSSR count). The maximum atomic E-state index is 4.98. The number of nitrogens with zero attached hydrogens (tertiary/aromatic N) is 3. The normalized spacial score (nSPS) is 16.1. The molecule has 1 fully saturated rings. The Bertz CT molecular complexity index is 827. The highest BCUT2D eigenvalue weighted by molar-refractivity contribution is 5.64. The molecule has 3 heterocycles. The fourth-order valence-corrected chi connectivity index (χ4v) is 4.01. The Morgan fingerprint density at radius 1 is 1.04 bits per heavy atom. The Kier molecular flexibility index (Phi) is 3.64. The average molecular weight is 305 g/mol. The van der Waals surface area contributed by atoms with Gasteiger partial charge in [0.1, 0.15) is 11.3 Å². The minimum Gasteiger partial charge on any atom is -0.303 e.